The van der Waals surface area contributed by atoms with Crippen molar-refractivity contribution in [3.63, 3.8) is 0 Å². The van der Waals surface area contributed by atoms with Gasteiger partial charge in [-0.3, -0.25) is 9.59 Å². The fourth-order valence-corrected chi connectivity index (χ4v) is 6.79. The van der Waals surface area contributed by atoms with Crippen LogP contribution >= 0.6 is 0 Å². The summed E-state index contributed by atoms with van der Waals surface area (Å²) in [6.07, 6.45) is -0.984. The Morgan fingerprint density at radius 1 is 0.578 bits per heavy atom. The first kappa shape index (κ1) is 28.5. The van der Waals surface area contributed by atoms with Crippen LogP contribution in [0.1, 0.15) is 61.0 Å². The summed E-state index contributed by atoms with van der Waals surface area (Å²) in [6, 6.07) is 38.2. The monoisotopic (exact) mass is 598 g/mol. The second-order valence-electron chi connectivity index (χ2n) is 12.0. The zero-order valence-electron chi connectivity index (χ0n) is 25.2. The lowest BCUT2D eigenvalue weighted by molar-refractivity contribution is -0.158. The van der Waals surface area contributed by atoms with E-state index in [0.29, 0.717) is 12.8 Å². The summed E-state index contributed by atoms with van der Waals surface area (Å²) in [5.41, 5.74) is 4.05. The molecule has 3 aliphatic rings. The van der Waals surface area contributed by atoms with E-state index in [1.54, 1.807) is 0 Å². The third-order valence-corrected chi connectivity index (χ3v) is 8.89. The van der Waals surface area contributed by atoms with Gasteiger partial charge in [0, 0.05) is 12.8 Å². The molecule has 0 aromatic heterocycles. The van der Waals surface area contributed by atoms with Gasteiger partial charge in [-0.05, 0) is 36.1 Å². The van der Waals surface area contributed by atoms with E-state index in [4.69, 9.17) is 9.68 Å². The van der Waals surface area contributed by atoms with Gasteiger partial charge in [0.15, 0.2) is 0 Å². The van der Waals surface area contributed by atoms with Crippen molar-refractivity contribution in [2.75, 3.05) is 0 Å². The largest absolute Gasteiger partial charge is 0.382 e. The van der Waals surface area contributed by atoms with Crippen molar-refractivity contribution in [3.8, 4) is 0 Å². The molecule has 4 aromatic rings. The molecule has 8 nitrogen and oxygen atoms in total. The Kier molecular flexibility index (Phi) is 7.41. The smallest absolute Gasteiger partial charge is 0.269 e. The van der Waals surface area contributed by atoms with Gasteiger partial charge in [0.2, 0.25) is 12.2 Å². The second-order valence-corrected chi connectivity index (χ2v) is 12.0. The number of hydrogen-bond acceptors (Lipinski definition) is 6. The Labute approximate surface area is 262 Å². The molecule has 4 atom stereocenters. The van der Waals surface area contributed by atoms with Gasteiger partial charge >= 0.3 is 0 Å². The lowest BCUT2D eigenvalue weighted by Crippen LogP contribution is -2.57. The Bertz CT molecular complexity index is 1610. The number of benzene rings is 4. The van der Waals surface area contributed by atoms with E-state index in [-0.39, 0.29) is 11.8 Å². The van der Waals surface area contributed by atoms with Crippen molar-refractivity contribution in [1.29, 1.82) is 0 Å². The average molecular weight is 599 g/mol. The Hall–Kier alpha value is -5.24. The molecule has 1 fully saturated rings. The van der Waals surface area contributed by atoms with Crippen molar-refractivity contribution in [1.82, 2.24) is 9.80 Å². The number of hydrogen-bond donors (Lipinski definition) is 0. The first-order valence-electron chi connectivity index (χ1n) is 15.3. The molecule has 4 aromatic carbocycles. The summed E-state index contributed by atoms with van der Waals surface area (Å²) in [4.78, 5) is 44.6. The average Bonchev–Trinajstić information content (AvgIpc) is 3.83. The van der Waals surface area contributed by atoms with Gasteiger partial charge in [-0.25, -0.2) is 0 Å². The standard InChI is InChI=1S/C37H34N4O4/c1-37(2)40(35(42)31-23-29(38-44-31)25-15-7-3-8-16-25)33(27-19-11-5-12-20-27)34(28-21-13-6-14-22-28)41(37)36(43)32-24-30(39-45-32)26-17-9-4-10-18-26/h3-22,31-34H,23-24H2,1-2H3/t31-,32+,33-,34-/m1/s1. The van der Waals surface area contributed by atoms with Crippen molar-refractivity contribution < 1.29 is 19.3 Å². The zero-order chi connectivity index (χ0) is 31.0. The topological polar surface area (TPSA) is 83.8 Å². The molecule has 7 rings (SSSR count). The van der Waals surface area contributed by atoms with E-state index in [2.05, 4.69) is 10.3 Å². The maximum atomic E-state index is 14.7. The van der Waals surface area contributed by atoms with Crippen LogP contribution < -0.4 is 0 Å². The molecule has 2 amide bonds. The number of rotatable bonds is 6. The normalized spacial score (nSPS) is 23.6. The lowest BCUT2D eigenvalue weighted by atomic mass is 9.92. The van der Waals surface area contributed by atoms with Crippen molar-refractivity contribution in [2.45, 2.75) is 56.6 Å². The minimum absolute atomic E-state index is 0.228. The number of carbonyl (C=O) groups excluding carboxylic acids is 2. The number of amides is 2. The molecule has 0 spiro atoms. The molecule has 0 radical (unpaired) electrons. The van der Waals surface area contributed by atoms with Crippen LogP contribution in [-0.2, 0) is 19.3 Å². The molecule has 45 heavy (non-hydrogen) atoms. The fourth-order valence-electron chi connectivity index (χ4n) is 6.79. The van der Waals surface area contributed by atoms with E-state index >= 15 is 0 Å². The van der Waals surface area contributed by atoms with Crippen molar-refractivity contribution >= 4 is 23.2 Å². The molecule has 0 unspecified atom stereocenters. The molecular formula is C37H34N4O4. The third kappa shape index (κ3) is 5.16. The van der Waals surface area contributed by atoms with E-state index < -0.39 is 30.0 Å². The summed E-state index contributed by atoms with van der Waals surface area (Å²) in [6.45, 7) is 3.84. The molecule has 8 heteroatoms. The molecule has 0 N–H and O–H groups in total. The summed E-state index contributed by atoms with van der Waals surface area (Å²) < 4.78 is 0. The molecular weight excluding hydrogens is 564 g/mol. The predicted molar refractivity (Wildman–Crippen MR) is 171 cm³/mol. The van der Waals surface area contributed by atoms with E-state index in [1.807, 2.05) is 145 Å². The molecule has 226 valence electrons. The summed E-state index contributed by atoms with van der Waals surface area (Å²) in [7, 11) is 0. The second kappa shape index (κ2) is 11.7. The summed E-state index contributed by atoms with van der Waals surface area (Å²) in [5, 5.41) is 8.62. The van der Waals surface area contributed by atoms with Gasteiger partial charge in [0.25, 0.3) is 11.8 Å². The Morgan fingerprint density at radius 3 is 1.27 bits per heavy atom. The van der Waals surface area contributed by atoms with Crippen molar-refractivity contribution in [3.05, 3.63) is 144 Å². The number of oxime groups is 2. The summed E-state index contributed by atoms with van der Waals surface area (Å²) in [5.74, 6) is -0.457. The van der Waals surface area contributed by atoms with Crippen LogP contribution in [0.25, 0.3) is 0 Å². The molecule has 3 aliphatic heterocycles. The number of carbonyl (C=O) groups is 2. The third-order valence-electron chi connectivity index (χ3n) is 8.89. The van der Waals surface area contributed by atoms with Crippen LogP contribution in [-0.4, -0.2) is 50.9 Å². The lowest BCUT2D eigenvalue weighted by Gasteiger charge is -2.40. The SMILES string of the molecule is CC1(C)N(C(=O)[C@@H]2CC(c3ccccc3)=NO2)[C@H](c2ccccc2)[C@@H](c2ccccc2)N1C(=O)[C@H]1CC(c2ccccc2)=NO1. The van der Waals surface area contributed by atoms with Gasteiger partial charge in [-0.1, -0.05) is 132 Å². The highest BCUT2D eigenvalue weighted by Crippen LogP contribution is 2.52. The highest BCUT2D eigenvalue weighted by atomic mass is 16.7. The molecule has 0 bridgehead atoms. The predicted octanol–water partition coefficient (Wildman–Crippen LogP) is 6.26. The molecule has 0 aliphatic carbocycles. The first-order valence-corrected chi connectivity index (χ1v) is 15.3. The van der Waals surface area contributed by atoms with Crippen LogP contribution in [0, 0.1) is 0 Å². The Morgan fingerprint density at radius 2 is 0.911 bits per heavy atom. The van der Waals surface area contributed by atoms with E-state index in [0.717, 1.165) is 33.7 Å². The van der Waals surface area contributed by atoms with Crippen LogP contribution in [0.15, 0.2) is 132 Å². The molecule has 0 saturated carbocycles. The first-order chi connectivity index (χ1) is 21.9. The van der Waals surface area contributed by atoms with Gasteiger partial charge < -0.3 is 19.5 Å². The molecule has 1 saturated heterocycles. The minimum Gasteiger partial charge on any atom is -0.382 e. The van der Waals surface area contributed by atoms with E-state index in [1.165, 1.54) is 0 Å². The number of nitrogens with zero attached hydrogens (tertiary/aromatic N) is 4. The van der Waals surface area contributed by atoms with Gasteiger partial charge in [-0.2, -0.15) is 0 Å². The quantitative estimate of drug-likeness (QED) is 0.262. The van der Waals surface area contributed by atoms with Crippen LogP contribution in [0.5, 0.6) is 0 Å². The van der Waals surface area contributed by atoms with Gasteiger partial charge in [0.05, 0.1) is 23.5 Å². The highest BCUT2D eigenvalue weighted by Gasteiger charge is 2.59. The van der Waals surface area contributed by atoms with Crippen molar-refractivity contribution in [2.24, 2.45) is 10.3 Å². The molecule has 3 heterocycles. The van der Waals surface area contributed by atoms with E-state index in [9.17, 15) is 9.59 Å². The highest BCUT2D eigenvalue weighted by molar-refractivity contribution is 6.05. The summed E-state index contributed by atoms with van der Waals surface area (Å²) >= 11 is 0. The minimum atomic E-state index is -1.06. The van der Waals surface area contributed by atoms with Crippen LogP contribution in [0.3, 0.4) is 0 Å². The van der Waals surface area contributed by atoms with Crippen LogP contribution in [0.2, 0.25) is 0 Å². The van der Waals surface area contributed by atoms with Gasteiger partial charge in [0.1, 0.15) is 5.66 Å². The van der Waals surface area contributed by atoms with Gasteiger partial charge in [-0.15, -0.1) is 0 Å². The maximum absolute atomic E-state index is 14.7. The van der Waals surface area contributed by atoms with Crippen LogP contribution in [0.4, 0.5) is 0 Å². The Balaban J connectivity index is 1.27. The maximum Gasteiger partial charge on any atom is 0.269 e. The fraction of sp³-hybridized carbons (Fsp3) is 0.243. The zero-order valence-corrected chi connectivity index (χ0v) is 25.2.